The third-order valence-electron chi connectivity index (χ3n) is 4.01. The maximum Gasteiger partial charge on any atom is 0.337 e. The number of methoxy groups -OCH3 is 1. The van der Waals surface area contributed by atoms with Crippen molar-refractivity contribution in [3.8, 4) is 0 Å². The molecule has 0 aliphatic heterocycles. The van der Waals surface area contributed by atoms with Gasteiger partial charge in [0.1, 0.15) is 0 Å². The smallest absolute Gasteiger partial charge is 0.337 e. The number of aromatic nitrogens is 1. The van der Waals surface area contributed by atoms with Crippen LogP contribution in [0.15, 0.2) is 29.3 Å². The molecule has 0 atom stereocenters. The molecule has 0 unspecified atom stereocenters. The van der Waals surface area contributed by atoms with Gasteiger partial charge in [-0.3, -0.25) is 4.99 Å². The zero-order chi connectivity index (χ0) is 18.9. The van der Waals surface area contributed by atoms with Crippen LogP contribution >= 0.6 is 35.3 Å². The molecule has 8 heteroatoms. The largest absolute Gasteiger partial charge is 0.465 e. The van der Waals surface area contributed by atoms with E-state index < -0.39 is 0 Å². The Hall–Kier alpha value is -1.68. The Labute approximate surface area is 181 Å². The molecule has 6 nitrogen and oxygen atoms in total. The number of aryl methyl sites for hydroxylation is 2. The van der Waals surface area contributed by atoms with Crippen LogP contribution in [-0.2, 0) is 17.6 Å². The molecule has 1 heterocycles. The lowest BCUT2D eigenvalue weighted by Gasteiger charge is -2.11. The van der Waals surface area contributed by atoms with Crippen LogP contribution in [0.5, 0.6) is 0 Å². The summed E-state index contributed by atoms with van der Waals surface area (Å²) in [6, 6.07) is 7.45. The number of ether oxygens (including phenoxy) is 1. The molecular weight excluding hydrogens is 475 g/mol. The number of thiazole rings is 1. The van der Waals surface area contributed by atoms with Crippen molar-refractivity contribution >= 4 is 47.2 Å². The Morgan fingerprint density at radius 2 is 1.78 bits per heavy atom. The third-order valence-corrected chi connectivity index (χ3v) is 5.14. The highest BCUT2D eigenvalue weighted by atomic mass is 127. The number of halogens is 1. The molecule has 0 saturated carbocycles. The summed E-state index contributed by atoms with van der Waals surface area (Å²) in [5.74, 6) is 0.464. The van der Waals surface area contributed by atoms with Gasteiger partial charge in [-0.2, -0.15) is 0 Å². The summed E-state index contributed by atoms with van der Waals surface area (Å²) >= 11 is 1.75. The molecule has 0 radical (unpaired) electrons. The van der Waals surface area contributed by atoms with Gasteiger partial charge in [-0.25, -0.2) is 9.78 Å². The van der Waals surface area contributed by atoms with E-state index in [9.17, 15) is 4.79 Å². The van der Waals surface area contributed by atoms with Crippen LogP contribution in [0.2, 0.25) is 0 Å². The fourth-order valence-corrected chi connectivity index (χ4v) is 3.34. The quantitative estimate of drug-likeness (QED) is 0.264. The highest BCUT2D eigenvalue weighted by molar-refractivity contribution is 14.0. The first-order chi connectivity index (χ1) is 12.5. The van der Waals surface area contributed by atoms with E-state index in [0.717, 1.165) is 48.2 Å². The van der Waals surface area contributed by atoms with Gasteiger partial charge in [-0.1, -0.05) is 12.1 Å². The summed E-state index contributed by atoms with van der Waals surface area (Å²) in [6.07, 6.45) is 1.72. The molecule has 1 aromatic heterocycles. The number of aliphatic imine (C=N–C) groups is 1. The lowest BCUT2D eigenvalue weighted by atomic mass is 10.1. The van der Waals surface area contributed by atoms with E-state index in [-0.39, 0.29) is 29.9 Å². The van der Waals surface area contributed by atoms with Gasteiger partial charge in [0.25, 0.3) is 0 Å². The molecule has 0 aliphatic rings. The molecular formula is C19H27IN4O2S. The summed E-state index contributed by atoms with van der Waals surface area (Å²) in [6.45, 7) is 5.69. The Bertz CT molecular complexity index is 740. The van der Waals surface area contributed by atoms with E-state index in [2.05, 4.69) is 27.5 Å². The number of carbonyl (C=O) groups is 1. The number of nitrogens with zero attached hydrogens (tertiary/aromatic N) is 2. The van der Waals surface area contributed by atoms with Gasteiger partial charge in [0.05, 0.1) is 23.4 Å². The Kier molecular flexibility index (Phi) is 10.3. The molecule has 148 valence electrons. The summed E-state index contributed by atoms with van der Waals surface area (Å²) in [5, 5.41) is 7.76. The van der Waals surface area contributed by atoms with Crippen LogP contribution in [0.25, 0.3) is 0 Å². The zero-order valence-corrected chi connectivity index (χ0v) is 19.3. The molecule has 0 fully saturated rings. The van der Waals surface area contributed by atoms with E-state index >= 15 is 0 Å². The highest BCUT2D eigenvalue weighted by Crippen LogP contribution is 2.16. The van der Waals surface area contributed by atoms with Crippen molar-refractivity contribution in [1.29, 1.82) is 0 Å². The second-order valence-corrected chi connectivity index (χ2v) is 7.15. The fraction of sp³-hybridized carbons (Fsp3) is 0.421. The van der Waals surface area contributed by atoms with E-state index in [4.69, 9.17) is 4.74 Å². The molecule has 0 aliphatic carbocycles. The van der Waals surface area contributed by atoms with Crippen LogP contribution in [0.4, 0.5) is 0 Å². The van der Waals surface area contributed by atoms with Crippen LogP contribution in [-0.4, -0.2) is 44.2 Å². The number of esters is 1. The fourth-order valence-electron chi connectivity index (χ4n) is 2.41. The lowest BCUT2D eigenvalue weighted by Crippen LogP contribution is -2.39. The minimum atomic E-state index is -0.315. The van der Waals surface area contributed by atoms with Gasteiger partial charge in [0.15, 0.2) is 5.96 Å². The number of benzene rings is 1. The Balaban J connectivity index is 0.00000364. The molecule has 0 saturated heterocycles. The van der Waals surface area contributed by atoms with Crippen LogP contribution in [0, 0.1) is 13.8 Å². The maximum absolute atomic E-state index is 11.4. The molecule has 0 amide bonds. The first-order valence-corrected chi connectivity index (χ1v) is 9.39. The van der Waals surface area contributed by atoms with Crippen molar-refractivity contribution in [1.82, 2.24) is 15.6 Å². The van der Waals surface area contributed by atoms with Crippen molar-refractivity contribution in [3.05, 3.63) is 51.0 Å². The van der Waals surface area contributed by atoms with Crippen molar-refractivity contribution in [2.45, 2.75) is 26.7 Å². The van der Waals surface area contributed by atoms with Gasteiger partial charge in [-0.15, -0.1) is 35.3 Å². The molecule has 1 aromatic carbocycles. The summed E-state index contributed by atoms with van der Waals surface area (Å²) < 4.78 is 4.70. The van der Waals surface area contributed by atoms with E-state index in [1.165, 1.54) is 12.0 Å². The summed E-state index contributed by atoms with van der Waals surface area (Å²) in [4.78, 5) is 21.5. The van der Waals surface area contributed by atoms with Crippen LogP contribution in [0.1, 0.15) is 31.5 Å². The van der Waals surface area contributed by atoms with E-state index in [1.807, 2.05) is 19.1 Å². The summed E-state index contributed by atoms with van der Waals surface area (Å²) in [7, 11) is 3.15. The van der Waals surface area contributed by atoms with Crippen LogP contribution in [0.3, 0.4) is 0 Å². The Morgan fingerprint density at radius 1 is 1.15 bits per heavy atom. The first kappa shape index (κ1) is 23.4. The molecule has 2 rings (SSSR count). The molecule has 2 aromatic rings. The number of nitrogens with one attached hydrogen (secondary N) is 2. The van der Waals surface area contributed by atoms with Crippen molar-refractivity contribution in [3.63, 3.8) is 0 Å². The Morgan fingerprint density at radius 3 is 2.30 bits per heavy atom. The zero-order valence-electron chi connectivity index (χ0n) is 16.2. The normalized spacial score (nSPS) is 10.9. The number of guanidine groups is 1. The van der Waals surface area contributed by atoms with Gasteiger partial charge < -0.3 is 15.4 Å². The minimum absolute atomic E-state index is 0. The third kappa shape index (κ3) is 7.45. The monoisotopic (exact) mass is 502 g/mol. The lowest BCUT2D eigenvalue weighted by molar-refractivity contribution is 0.0600. The SMILES string of the molecule is CN=C(NCCc1ccc(C(=O)OC)cc1)NCCc1nc(C)c(C)s1.I. The van der Waals surface area contributed by atoms with Crippen molar-refractivity contribution < 1.29 is 9.53 Å². The molecule has 27 heavy (non-hydrogen) atoms. The predicted octanol–water partition coefficient (Wildman–Crippen LogP) is 3.11. The number of hydrogen-bond acceptors (Lipinski definition) is 5. The standard InChI is InChI=1S/C19H26N4O2S.HI/c1-13-14(2)26-17(23-13)10-12-22-19(20-3)21-11-9-15-5-7-16(8-6-15)18(24)25-4;/h5-8H,9-12H2,1-4H3,(H2,20,21,22);1H. The average molecular weight is 502 g/mol. The van der Waals surface area contributed by atoms with Gasteiger partial charge in [0, 0.05) is 31.4 Å². The first-order valence-electron chi connectivity index (χ1n) is 8.58. The van der Waals surface area contributed by atoms with Crippen molar-refractivity contribution in [2.24, 2.45) is 4.99 Å². The number of rotatable bonds is 7. The maximum atomic E-state index is 11.4. The number of carbonyl (C=O) groups excluding carboxylic acids is 1. The predicted molar refractivity (Wildman–Crippen MR) is 122 cm³/mol. The second kappa shape index (κ2) is 11.9. The second-order valence-electron chi connectivity index (χ2n) is 5.86. The van der Waals surface area contributed by atoms with Crippen molar-refractivity contribution in [2.75, 3.05) is 27.2 Å². The molecule has 2 N–H and O–H groups in total. The van der Waals surface area contributed by atoms with Gasteiger partial charge in [0.2, 0.25) is 0 Å². The highest BCUT2D eigenvalue weighted by Gasteiger charge is 2.05. The molecule has 0 bridgehead atoms. The van der Waals surface area contributed by atoms with E-state index in [1.54, 1.807) is 30.5 Å². The molecule has 0 spiro atoms. The average Bonchev–Trinajstić information content (AvgIpc) is 2.98. The number of hydrogen-bond donors (Lipinski definition) is 2. The van der Waals surface area contributed by atoms with Gasteiger partial charge in [-0.05, 0) is 38.0 Å². The van der Waals surface area contributed by atoms with E-state index in [0.29, 0.717) is 5.56 Å². The summed E-state index contributed by atoms with van der Waals surface area (Å²) in [5.41, 5.74) is 2.83. The topological polar surface area (TPSA) is 75.6 Å². The van der Waals surface area contributed by atoms with Gasteiger partial charge >= 0.3 is 5.97 Å². The van der Waals surface area contributed by atoms with Crippen LogP contribution < -0.4 is 10.6 Å². The minimum Gasteiger partial charge on any atom is -0.465 e.